The molecule has 0 amide bonds. The summed E-state index contributed by atoms with van der Waals surface area (Å²) in [5.41, 5.74) is 4.06. The lowest BCUT2D eigenvalue weighted by molar-refractivity contribution is 0.637. The van der Waals surface area contributed by atoms with Crippen molar-refractivity contribution >= 4 is 50.1 Å². The van der Waals surface area contributed by atoms with Crippen molar-refractivity contribution in [3.05, 3.63) is 59.7 Å². The highest BCUT2D eigenvalue weighted by Crippen LogP contribution is 2.27. The van der Waals surface area contributed by atoms with Gasteiger partial charge in [0.15, 0.2) is 0 Å². The SMILES string of the molecule is [B]c1ccc(CSCCC(CCCCC)SCc2ccccc2)cc1[B]. The first-order valence-electron chi connectivity index (χ1n) is 9.56. The molecule has 1 unspecified atom stereocenters. The second-order valence-corrected chi connectivity index (χ2v) is 9.11. The van der Waals surface area contributed by atoms with Crippen molar-refractivity contribution in [2.24, 2.45) is 0 Å². The minimum Gasteiger partial charge on any atom is -0.157 e. The molecule has 1 atom stereocenters. The summed E-state index contributed by atoms with van der Waals surface area (Å²) in [4.78, 5) is 0. The van der Waals surface area contributed by atoms with Crippen molar-refractivity contribution in [2.75, 3.05) is 5.75 Å². The average Bonchev–Trinajstić information content (AvgIpc) is 2.66. The highest BCUT2D eigenvalue weighted by atomic mass is 32.2. The van der Waals surface area contributed by atoms with E-state index in [1.807, 2.05) is 23.9 Å². The Kier molecular flexibility index (Phi) is 10.5. The predicted molar refractivity (Wildman–Crippen MR) is 124 cm³/mol. The fourth-order valence-electron chi connectivity index (χ4n) is 2.84. The highest BCUT2D eigenvalue weighted by molar-refractivity contribution is 7.99. The van der Waals surface area contributed by atoms with Crippen molar-refractivity contribution in [1.29, 1.82) is 0 Å². The zero-order valence-corrected chi connectivity index (χ0v) is 17.5. The minimum absolute atomic E-state index is 0.673. The van der Waals surface area contributed by atoms with Crippen molar-refractivity contribution in [2.45, 2.75) is 55.8 Å². The number of hydrogen-bond donors (Lipinski definition) is 0. The van der Waals surface area contributed by atoms with E-state index in [1.165, 1.54) is 49.0 Å². The Morgan fingerprint density at radius 3 is 2.38 bits per heavy atom. The molecule has 4 heteroatoms. The van der Waals surface area contributed by atoms with Gasteiger partial charge >= 0.3 is 0 Å². The third kappa shape index (κ3) is 8.31. The number of unbranched alkanes of at least 4 members (excludes halogenated alkanes) is 2. The molecule has 4 radical (unpaired) electrons. The van der Waals surface area contributed by atoms with Crippen LogP contribution in [0.25, 0.3) is 0 Å². The van der Waals surface area contributed by atoms with Gasteiger partial charge in [-0.1, -0.05) is 74.7 Å². The summed E-state index contributed by atoms with van der Waals surface area (Å²) in [5.74, 6) is 3.33. The van der Waals surface area contributed by atoms with E-state index < -0.39 is 0 Å². The molecule has 0 saturated heterocycles. The van der Waals surface area contributed by atoms with Gasteiger partial charge in [0.2, 0.25) is 0 Å². The maximum absolute atomic E-state index is 5.90. The van der Waals surface area contributed by atoms with Gasteiger partial charge in [0.25, 0.3) is 0 Å². The molecule has 0 N–H and O–H groups in total. The van der Waals surface area contributed by atoms with Crippen LogP contribution >= 0.6 is 23.5 Å². The molecule has 0 spiro atoms. The van der Waals surface area contributed by atoms with E-state index in [4.69, 9.17) is 15.7 Å². The lowest BCUT2D eigenvalue weighted by atomic mass is 9.80. The maximum atomic E-state index is 5.90. The van der Waals surface area contributed by atoms with Gasteiger partial charge in [-0.25, -0.2) is 0 Å². The second kappa shape index (κ2) is 12.6. The van der Waals surface area contributed by atoms with Gasteiger partial charge in [-0.3, -0.25) is 0 Å². The van der Waals surface area contributed by atoms with Gasteiger partial charge in [0, 0.05) is 16.8 Å². The Balaban J connectivity index is 1.74. The highest BCUT2D eigenvalue weighted by Gasteiger charge is 2.10. The first-order chi connectivity index (χ1) is 12.7. The molecule has 0 saturated carbocycles. The van der Waals surface area contributed by atoms with E-state index in [0.29, 0.717) is 10.9 Å². The van der Waals surface area contributed by atoms with Crippen LogP contribution in [-0.4, -0.2) is 26.7 Å². The van der Waals surface area contributed by atoms with Crippen LogP contribution in [0, 0.1) is 0 Å². The van der Waals surface area contributed by atoms with Gasteiger partial charge in [-0.15, -0.1) is 10.9 Å². The average molecular weight is 378 g/mol. The summed E-state index contributed by atoms with van der Waals surface area (Å²) < 4.78 is 0. The molecule has 0 heterocycles. The van der Waals surface area contributed by atoms with Crippen molar-refractivity contribution in [1.82, 2.24) is 0 Å². The van der Waals surface area contributed by atoms with Gasteiger partial charge in [-0.2, -0.15) is 23.5 Å². The smallest absolute Gasteiger partial charge is 0.112 e. The number of thioether (sulfide) groups is 2. The van der Waals surface area contributed by atoms with E-state index in [2.05, 4.69) is 55.1 Å². The lowest BCUT2D eigenvalue weighted by Crippen LogP contribution is -2.25. The summed E-state index contributed by atoms with van der Waals surface area (Å²) in [5, 5.41) is 0.755. The molecule has 0 aliphatic carbocycles. The number of benzene rings is 2. The molecule has 0 aromatic heterocycles. The van der Waals surface area contributed by atoms with Crippen LogP contribution in [0.2, 0.25) is 0 Å². The zero-order valence-electron chi connectivity index (χ0n) is 15.8. The Bertz CT molecular complexity index is 631. The summed E-state index contributed by atoms with van der Waals surface area (Å²) in [6, 6.07) is 16.8. The fraction of sp³-hybridized carbons (Fsp3) is 0.455. The first kappa shape index (κ1) is 21.6. The van der Waals surface area contributed by atoms with Crippen LogP contribution < -0.4 is 10.9 Å². The Hall–Kier alpha value is -0.730. The molecule has 0 bridgehead atoms. The molecule has 0 nitrogen and oxygen atoms in total. The molecular formula is C22H28B2S2. The van der Waals surface area contributed by atoms with Crippen LogP contribution in [0.4, 0.5) is 0 Å². The minimum atomic E-state index is 0.673. The molecule has 2 aromatic rings. The summed E-state index contributed by atoms with van der Waals surface area (Å²) >= 11 is 4.13. The fourth-order valence-corrected chi connectivity index (χ4v) is 5.24. The van der Waals surface area contributed by atoms with Gasteiger partial charge < -0.3 is 0 Å². The summed E-state index contributed by atoms with van der Waals surface area (Å²) in [6.45, 7) is 2.28. The number of rotatable bonds is 12. The quantitative estimate of drug-likeness (QED) is 0.385. The normalized spacial score (nSPS) is 12.2. The van der Waals surface area contributed by atoms with Crippen LogP contribution in [0.1, 0.15) is 50.2 Å². The molecule has 0 fully saturated rings. The van der Waals surface area contributed by atoms with Crippen molar-refractivity contribution < 1.29 is 0 Å². The van der Waals surface area contributed by atoms with E-state index in [-0.39, 0.29) is 0 Å². The van der Waals surface area contributed by atoms with Crippen LogP contribution in [-0.2, 0) is 11.5 Å². The Morgan fingerprint density at radius 2 is 1.65 bits per heavy atom. The van der Waals surface area contributed by atoms with Crippen LogP contribution in [0.5, 0.6) is 0 Å². The maximum Gasteiger partial charge on any atom is 0.112 e. The van der Waals surface area contributed by atoms with E-state index in [0.717, 1.165) is 16.8 Å². The van der Waals surface area contributed by atoms with E-state index in [9.17, 15) is 0 Å². The van der Waals surface area contributed by atoms with E-state index in [1.54, 1.807) is 0 Å². The molecule has 0 aliphatic rings. The van der Waals surface area contributed by atoms with Crippen molar-refractivity contribution in [3.63, 3.8) is 0 Å². The monoisotopic (exact) mass is 378 g/mol. The molecule has 26 heavy (non-hydrogen) atoms. The predicted octanol–water partition coefficient (Wildman–Crippen LogP) is 4.78. The largest absolute Gasteiger partial charge is 0.157 e. The Morgan fingerprint density at radius 1 is 0.846 bits per heavy atom. The first-order valence-corrected chi connectivity index (χ1v) is 11.8. The number of hydrogen-bond acceptors (Lipinski definition) is 2. The van der Waals surface area contributed by atoms with Crippen LogP contribution in [0.3, 0.4) is 0 Å². The summed E-state index contributed by atoms with van der Waals surface area (Å²) in [7, 11) is 11.7. The second-order valence-electron chi connectivity index (χ2n) is 6.72. The van der Waals surface area contributed by atoms with Crippen LogP contribution in [0.15, 0.2) is 48.5 Å². The molecular weight excluding hydrogens is 350 g/mol. The lowest BCUT2D eigenvalue weighted by Gasteiger charge is -2.16. The van der Waals surface area contributed by atoms with E-state index >= 15 is 0 Å². The third-order valence-electron chi connectivity index (χ3n) is 4.46. The van der Waals surface area contributed by atoms with Gasteiger partial charge in [0.1, 0.15) is 15.7 Å². The summed E-state index contributed by atoms with van der Waals surface area (Å²) in [6.07, 6.45) is 6.60. The molecule has 2 aromatic carbocycles. The van der Waals surface area contributed by atoms with Gasteiger partial charge in [0.05, 0.1) is 0 Å². The third-order valence-corrected chi connectivity index (χ3v) is 6.97. The molecule has 2 rings (SSSR count). The zero-order chi connectivity index (χ0) is 18.6. The standard InChI is InChI=1S/C22H28B2S2/c1-2-3-5-10-20(26-17-18-8-6-4-7-9-18)13-14-25-16-19-11-12-21(23)22(24)15-19/h4,6-9,11-12,15,20H,2-3,5,10,13-14,16-17H2,1H3. The molecule has 0 aliphatic heterocycles. The van der Waals surface area contributed by atoms with Crippen molar-refractivity contribution in [3.8, 4) is 0 Å². The molecule has 134 valence electrons. The van der Waals surface area contributed by atoms with Gasteiger partial charge in [-0.05, 0) is 29.7 Å². The topological polar surface area (TPSA) is 0 Å². The Labute approximate surface area is 171 Å².